The third-order valence-corrected chi connectivity index (χ3v) is 5.06. The highest BCUT2D eigenvalue weighted by Gasteiger charge is 2.38. The molecule has 1 aromatic heterocycles. The Hall–Kier alpha value is -0.790. The Morgan fingerprint density at radius 2 is 2.19 bits per heavy atom. The number of thioether (sulfide) groups is 1. The van der Waals surface area contributed by atoms with E-state index in [2.05, 4.69) is 4.98 Å². The Morgan fingerprint density at radius 1 is 1.43 bits per heavy atom. The Bertz CT molecular complexity index is 466. The molecule has 1 aliphatic carbocycles. The summed E-state index contributed by atoms with van der Waals surface area (Å²) in [4.78, 5) is 3.83. The van der Waals surface area contributed by atoms with Crippen LogP contribution in [-0.4, -0.2) is 28.0 Å². The number of nitrogens with zero attached hydrogens (tertiary/aromatic N) is 1. The van der Waals surface area contributed by atoms with Crippen LogP contribution in [0.15, 0.2) is 23.4 Å². The van der Waals surface area contributed by atoms with Crippen LogP contribution in [0.2, 0.25) is 0 Å². The van der Waals surface area contributed by atoms with Gasteiger partial charge in [0.25, 0.3) is 0 Å². The number of aliphatic hydroxyl groups excluding tert-OH is 1. The van der Waals surface area contributed by atoms with Crippen molar-refractivity contribution in [1.29, 1.82) is 0 Å². The Balaban J connectivity index is 1.84. The summed E-state index contributed by atoms with van der Waals surface area (Å²) in [5.41, 5.74) is 4.93. The van der Waals surface area contributed by atoms with Gasteiger partial charge in [0.1, 0.15) is 0 Å². The van der Waals surface area contributed by atoms with Crippen molar-refractivity contribution < 1.29 is 18.3 Å². The van der Waals surface area contributed by atoms with E-state index in [0.717, 1.165) is 43.7 Å². The van der Waals surface area contributed by atoms with Gasteiger partial charge in [0.15, 0.2) is 0 Å². The normalized spacial score (nSPS) is 26.2. The van der Waals surface area contributed by atoms with E-state index in [1.165, 1.54) is 17.8 Å². The van der Waals surface area contributed by atoms with Crippen LogP contribution in [0, 0.1) is 5.92 Å². The van der Waals surface area contributed by atoms with Crippen molar-refractivity contribution >= 4 is 11.8 Å². The molecule has 1 fully saturated rings. The summed E-state index contributed by atoms with van der Waals surface area (Å²) in [5, 5.41) is 9.94. The Labute approximate surface area is 126 Å². The topological polar surface area (TPSA) is 59.1 Å². The molecule has 2 atom stereocenters. The van der Waals surface area contributed by atoms with E-state index in [9.17, 15) is 18.3 Å². The highest BCUT2D eigenvalue weighted by molar-refractivity contribution is 7.99. The van der Waals surface area contributed by atoms with Gasteiger partial charge in [-0.25, -0.2) is 4.98 Å². The number of aromatic nitrogens is 1. The summed E-state index contributed by atoms with van der Waals surface area (Å²) < 4.78 is 37.2. The van der Waals surface area contributed by atoms with Crippen LogP contribution in [0.25, 0.3) is 0 Å². The van der Waals surface area contributed by atoms with Crippen molar-refractivity contribution in [3.63, 3.8) is 0 Å². The second-order valence-electron chi connectivity index (χ2n) is 5.50. The predicted octanol–water partition coefficient (Wildman–Crippen LogP) is 3.07. The number of alkyl halides is 3. The van der Waals surface area contributed by atoms with Crippen molar-refractivity contribution in [2.45, 2.75) is 42.4 Å². The van der Waals surface area contributed by atoms with Crippen LogP contribution in [0.1, 0.15) is 31.2 Å². The predicted molar refractivity (Wildman–Crippen MR) is 75.9 cm³/mol. The number of hydrogen-bond donors (Lipinski definition) is 2. The van der Waals surface area contributed by atoms with Crippen LogP contribution in [-0.2, 0) is 6.18 Å². The molecule has 1 heterocycles. The first-order valence-electron chi connectivity index (χ1n) is 6.91. The molecule has 1 aliphatic rings. The summed E-state index contributed by atoms with van der Waals surface area (Å²) in [6, 6.07) is 2.44. The lowest BCUT2D eigenvalue weighted by Crippen LogP contribution is -2.47. The molecule has 0 aromatic carbocycles. The van der Waals surface area contributed by atoms with Crippen LogP contribution >= 0.6 is 11.8 Å². The van der Waals surface area contributed by atoms with Gasteiger partial charge in [0.2, 0.25) is 0 Å². The van der Waals surface area contributed by atoms with Gasteiger partial charge in [-0.15, -0.1) is 11.8 Å². The van der Waals surface area contributed by atoms with Gasteiger partial charge in [0.05, 0.1) is 17.2 Å². The van der Waals surface area contributed by atoms with Crippen LogP contribution in [0.5, 0.6) is 0 Å². The van der Waals surface area contributed by atoms with Gasteiger partial charge >= 0.3 is 6.18 Å². The molecule has 2 unspecified atom stereocenters. The van der Waals surface area contributed by atoms with E-state index in [1.54, 1.807) is 0 Å². The van der Waals surface area contributed by atoms with Crippen molar-refractivity contribution in [1.82, 2.24) is 4.98 Å². The van der Waals surface area contributed by atoms with E-state index in [0.29, 0.717) is 5.03 Å². The first-order chi connectivity index (χ1) is 9.85. The second kappa shape index (κ2) is 6.54. The minimum atomic E-state index is -4.35. The highest BCUT2D eigenvalue weighted by Crippen LogP contribution is 2.37. The van der Waals surface area contributed by atoms with Gasteiger partial charge in [-0.3, -0.25) is 0 Å². The van der Waals surface area contributed by atoms with E-state index < -0.39 is 17.3 Å². The molecule has 7 heteroatoms. The van der Waals surface area contributed by atoms with Crippen molar-refractivity contribution in [3.8, 4) is 0 Å². The van der Waals surface area contributed by atoms with Crippen LogP contribution in [0.4, 0.5) is 13.2 Å². The number of nitrogens with two attached hydrogens (primary N) is 1. The summed E-state index contributed by atoms with van der Waals surface area (Å²) in [6.07, 6.45) is 0.198. The Kier molecular flexibility index (Phi) is 5.16. The Morgan fingerprint density at radius 3 is 2.76 bits per heavy atom. The molecular weight excluding hydrogens is 301 g/mol. The molecule has 2 rings (SSSR count). The second-order valence-corrected chi connectivity index (χ2v) is 6.62. The van der Waals surface area contributed by atoms with E-state index >= 15 is 0 Å². The summed E-state index contributed by atoms with van der Waals surface area (Å²) >= 11 is 1.42. The molecule has 0 saturated heterocycles. The monoisotopic (exact) mass is 320 g/mol. The fourth-order valence-corrected chi connectivity index (χ4v) is 3.65. The van der Waals surface area contributed by atoms with Crippen LogP contribution < -0.4 is 5.73 Å². The fourth-order valence-electron chi connectivity index (χ4n) is 2.75. The molecule has 0 bridgehead atoms. The van der Waals surface area contributed by atoms with Gasteiger partial charge < -0.3 is 10.8 Å². The SMILES string of the molecule is NC1(CO)CCCC1CCSc1ccc(C(F)(F)F)cn1. The van der Waals surface area contributed by atoms with E-state index in [4.69, 9.17) is 5.73 Å². The first-order valence-corrected chi connectivity index (χ1v) is 7.89. The fraction of sp³-hybridized carbons (Fsp3) is 0.643. The zero-order valence-electron chi connectivity index (χ0n) is 11.6. The summed E-state index contributed by atoms with van der Waals surface area (Å²) in [7, 11) is 0. The molecule has 1 saturated carbocycles. The maximum Gasteiger partial charge on any atom is 0.417 e. The summed E-state index contributed by atoms with van der Waals surface area (Å²) in [6.45, 7) is -0.0130. The number of aliphatic hydroxyl groups is 1. The van der Waals surface area contributed by atoms with Gasteiger partial charge in [0, 0.05) is 11.7 Å². The van der Waals surface area contributed by atoms with Gasteiger partial charge in [-0.05, 0) is 43.1 Å². The summed E-state index contributed by atoms with van der Waals surface area (Å²) in [5.74, 6) is 1.01. The number of hydrogen-bond acceptors (Lipinski definition) is 4. The molecule has 21 heavy (non-hydrogen) atoms. The van der Waals surface area contributed by atoms with Crippen molar-refractivity contribution in [3.05, 3.63) is 23.9 Å². The lowest BCUT2D eigenvalue weighted by molar-refractivity contribution is -0.137. The maximum atomic E-state index is 12.4. The minimum Gasteiger partial charge on any atom is -0.394 e. The zero-order valence-corrected chi connectivity index (χ0v) is 12.4. The lowest BCUT2D eigenvalue weighted by Gasteiger charge is -2.29. The van der Waals surface area contributed by atoms with Crippen molar-refractivity contribution in [2.24, 2.45) is 11.7 Å². The minimum absolute atomic E-state index is 0.0130. The average molecular weight is 320 g/mol. The molecule has 0 aliphatic heterocycles. The standard InChI is InChI=1S/C14H19F3N2OS/c15-14(16,17)11-3-4-12(19-8-11)21-7-5-10-2-1-6-13(10,18)9-20/h3-4,8,10,20H,1-2,5-7,9,18H2. The average Bonchev–Trinajstić information content (AvgIpc) is 2.81. The molecule has 118 valence electrons. The van der Waals surface area contributed by atoms with Crippen molar-refractivity contribution in [2.75, 3.05) is 12.4 Å². The quantitative estimate of drug-likeness (QED) is 0.819. The van der Waals surface area contributed by atoms with Gasteiger partial charge in [-0.1, -0.05) is 6.42 Å². The highest BCUT2D eigenvalue weighted by atomic mass is 32.2. The van der Waals surface area contributed by atoms with Gasteiger partial charge in [-0.2, -0.15) is 13.2 Å². The number of pyridine rings is 1. The largest absolute Gasteiger partial charge is 0.417 e. The molecule has 0 radical (unpaired) electrons. The third kappa shape index (κ3) is 4.11. The lowest BCUT2D eigenvalue weighted by atomic mass is 9.87. The van der Waals surface area contributed by atoms with E-state index in [-0.39, 0.29) is 12.5 Å². The smallest absolute Gasteiger partial charge is 0.394 e. The third-order valence-electron chi connectivity index (χ3n) is 4.08. The molecule has 0 spiro atoms. The van der Waals surface area contributed by atoms with E-state index in [1.807, 2.05) is 0 Å². The maximum absolute atomic E-state index is 12.4. The number of halogens is 3. The first kappa shape index (κ1) is 16.6. The molecule has 3 N–H and O–H groups in total. The molecule has 3 nitrogen and oxygen atoms in total. The number of rotatable bonds is 5. The zero-order chi connectivity index (χ0) is 15.5. The molecule has 0 amide bonds. The molecule has 1 aromatic rings. The van der Waals surface area contributed by atoms with Crippen LogP contribution in [0.3, 0.4) is 0 Å². The molecular formula is C14H19F3N2OS.